The number of rotatable bonds is 4. The van der Waals surface area contributed by atoms with E-state index in [4.69, 9.17) is 0 Å². The molecule has 2 rings (SSSR count). The number of likely N-dealkylation sites (N-methyl/N-ethyl adjacent to an activating group) is 1. The molecule has 5 nitrogen and oxygen atoms in total. The van der Waals surface area contributed by atoms with Crippen LogP contribution in [-0.4, -0.2) is 59.1 Å². The van der Waals surface area contributed by atoms with E-state index in [1.807, 2.05) is 5.38 Å². The van der Waals surface area contributed by atoms with Crippen LogP contribution in [0.2, 0.25) is 0 Å². The second kappa shape index (κ2) is 6.65. The molecule has 1 aromatic rings. The molecule has 1 fully saturated rings. The minimum atomic E-state index is -0.171. The molecule has 1 aromatic heterocycles. The Labute approximate surface area is 124 Å². The summed E-state index contributed by atoms with van der Waals surface area (Å²) in [7, 11) is 3.52. The molecule has 2 unspecified atom stereocenters. The third-order valence-corrected chi connectivity index (χ3v) is 4.63. The number of hydrogen-bond acceptors (Lipinski definition) is 5. The highest BCUT2D eigenvalue weighted by atomic mass is 32.1. The summed E-state index contributed by atoms with van der Waals surface area (Å²) in [6.07, 6.45) is 1.04. The van der Waals surface area contributed by atoms with Crippen molar-refractivity contribution in [3.63, 3.8) is 0 Å². The van der Waals surface area contributed by atoms with E-state index in [1.165, 1.54) is 0 Å². The quantitative estimate of drug-likeness (QED) is 0.900. The number of carbonyl (C=O) groups is 1. The van der Waals surface area contributed by atoms with Gasteiger partial charge < -0.3 is 10.0 Å². The maximum absolute atomic E-state index is 11.6. The van der Waals surface area contributed by atoms with Crippen LogP contribution >= 0.6 is 11.3 Å². The Morgan fingerprint density at radius 1 is 1.60 bits per heavy atom. The number of aliphatic hydroxyl groups excluding tert-OH is 1. The van der Waals surface area contributed by atoms with E-state index in [-0.39, 0.29) is 12.0 Å². The average Bonchev–Trinajstić information content (AvgIpc) is 2.81. The van der Waals surface area contributed by atoms with Gasteiger partial charge in [-0.1, -0.05) is 6.92 Å². The third kappa shape index (κ3) is 4.01. The van der Waals surface area contributed by atoms with Crippen LogP contribution in [0.15, 0.2) is 5.38 Å². The second-order valence-corrected chi connectivity index (χ2v) is 6.71. The van der Waals surface area contributed by atoms with Gasteiger partial charge in [0.05, 0.1) is 18.2 Å². The number of likely N-dealkylation sites (tertiary alicyclic amines) is 1. The van der Waals surface area contributed by atoms with Crippen molar-refractivity contribution in [3.05, 3.63) is 16.1 Å². The molecule has 0 aliphatic carbocycles. The first-order valence-electron chi connectivity index (χ1n) is 6.99. The van der Waals surface area contributed by atoms with E-state index < -0.39 is 0 Å². The number of carbonyl (C=O) groups excluding carboxylic acids is 1. The average molecular weight is 297 g/mol. The smallest absolute Gasteiger partial charge is 0.228 e. The van der Waals surface area contributed by atoms with Crippen LogP contribution in [0.5, 0.6) is 0 Å². The number of piperidine rings is 1. The predicted octanol–water partition coefficient (Wildman–Crippen LogP) is 0.977. The van der Waals surface area contributed by atoms with Crippen LogP contribution in [-0.2, 0) is 17.8 Å². The van der Waals surface area contributed by atoms with Gasteiger partial charge in [0.1, 0.15) is 5.01 Å². The Hall–Kier alpha value is -0.980. The van der Waals surface area contributed by atoms with Crippen LogP contribution in [0.1, 0.15) is 24.0 Å². The Bertz CT molecular complexity index is 461. The minimum Gasteiger partial charge on any atom is -0.393 e. The highest BCUT2D eigenvalue weighted by Crippen LogP contribution is 2.19. The van der Waals surface area contributed by atoms with E-state index in [2.05, 4.69) is 16.8 Å². The van der Waals surface area contributed by atoms with Crippen molar-refractivity contribution in [3.8, 4) is 0 Å². The molecule has 1 aliphatic rings. The van der Waals surface area contributed by atoms with E-state index in [0.29, 0.717) is 12.3 Å². The lowest BCUT2D eigenvalue weighted by Crippen LogP contribution is -2.41. The molecule has 20 heavy (non-hydrogen) atoms. The van der Waals surface area contributed by atoms with Gasteiger partial charge in [-0.15, -0.1) is 11.3 Å². The van der Waals surface area contributed by atoms with Gasteiger partial charge in [-0.25, -0.2) is 4.98 Å². The Morgan fingerprint density at radius 3 is 3.00 bits per heavy atom. The number of nitrogens with zero attached hydrogens (tertiary/aromatic N) is 3. The monoisotopic (exact) mass is 297 g/mol. The highest BCUT2D eigenvalue weighted by Gasteiger charge is 2.24. The Balaban J connectivity index is 1.88. The first-order valence-corrected chi connectivity index (χ1v) is 7.87. The van der Waals surface area contributed by atoms with Crippen molar-refractivity contribution in [2.75, 3.05) is 27.2 Å². The summed E-state index contributed by atoms with van der Waals surface area (Å²) in [5.41, 5.74) is 1.03. The third-order valence-electron chi connectivity index (χ3n) is 3.73. The van der Waals surface area contributed by atoms with Crippen molar-refractivity contribution < 1.29 is 9.90 Å². The van der Waals surface area contributed by atoms with Crippen molar-refractivity contribution >= 4 is 17.2 Å². The van der Waals surface area contributed by atoms with Crippen molar-refractivity contribution in [1.29, 1.82) is 0 Å². The SMILES string of the molecule is CC1CN(Cc2csc(CC(=O)N(C)C)n2)CCC1O. The van der Waals surface area contributed by atoms with Crippen LogP contribution in [0.25, 0.3) is 0 Å². The lowest BCUT2D eigenvalue weighted by molar-refractivity contribution is -0.127. The van der Waals surface area contributed by atoms with Crippen molar-refractivity contribution in [2.24, 2.45) is 5.92 Å². The van der Waals surface area contributed by atoms with E-state index in [0.717, 1.165) is 36.8 Å². The summed E-state index contributed by atoms with van der Waals surface area (Å²) in [6, 6.07) is 0. The summed E-state index contributed by atoms with van der Waals surface area (Å²) >= 11 is 1.55. The number of amides is 1. The molecule has 0 radical (unpaired) electrons. The molecule has 0 spiro atoms. The molecular formula is C14H23N3O2S. The molecule has 2 heterocycles. The topological polar surface area (TPSA) is 56.7 Å². The minimum absolute atomic E-state index is 0.0839. The normalized spacial score (nSPS) is 23.8. The fourth-order valence-electron chi connectivity index (χ4n) is 2.38. The van der Waals surface area contributed by atoms with Gasteiger partial charge in [-0.2, -0.15) is 0 Å². The lowest BCUT2D eigenvalue weighted by atomic mass is 9.97. The van der Waals surface area contributed by atoms with Crippen LogP contribution in [0.3, 0.4) is 0 Å². The molecule has 1 N–H and O–H groups in total. The van der Waals surface area contributed by atoms with Gasteiger partial charge in [0.2, 0.25) is 5.91 Å². The summed E-state index contributed by atoms with van der Waals surface area (Å²) in [5, 5.41) is 12.6. The molecule has 1 amide bonds. The summed E-state index contributed by atoms with van der Waals surface area (Å²) < 4.78 is 0. The van der Waals surface area contributed by atoms with Crippen LogP contribution in [0, 0.1) is 5.92 Å². The zero-order chi connectivity index (χ0) is 14.7. The van der Waals surface area contributed by atoms with E-state index in [1.54, 1.807) is 30.3 Å². The standard InChI is InChI=1S/C14H23N3O2S/c1-10-7-17(5-4-12(10)18)8-11-9-20-13(15-11)6-14(19)16(2)3/h9-10,12,18H,4-8H2,1-3H3. The lowest BCUT2D eigenvalue weighted by Gasteiger charge is -2.33. The summed E-state index contributed by atoms with van der Waals surface area (Å²) in [6.45, 7) is 4.71. The van der Waals surface area contributed by atoms with E-state index in [9.17, 15) is 9.90 Å². The molecule has 1 aliphatic heterocycles. The van der Waals surface area contributed by atoms with Gasteiger partial charge in [-0.05, 0) is 12.3 Å². The largest absolute Gasteiger partial charge is 0.393 e. The van der Waals surface area contributed by atoms with Crippen molar-refractivity contribution in [1.82, 2.24) is 14.8 Å². The molecule has 0 bridgehead atoms. The fourth-order valence-corrected chi connectivity index (χ4v) is 3.16. The highest BCUT2D eigenvalue weighted by molar-refractivity contribution is 7.09. The first kappa shape index (κ1) is 15.4. The van der Waals surface area contributed by atoms with Crippen LogP contribution < -0.4 is 0 Å². The molecule has 1 saturated heterocycles. The molecule has 2 atom stereocenters. The zero-order valence-corrected chi connectivity index (χ0v) is 13.2. The molecule has 0 saturated carbocycles. The number of hydrogen-bond donors (Lipinski definition) is 1. The van der Waals surface area contributed by atoms with Crippen LogP contribution in [0.4, 0.5) is 0 Å². The van der Waals surface area contributed by atoms with Gasteiger partial charge in [0, 0.05) is 39.1 Å². The van der Waals surface area contributed by atoms with Gasteiger partial charge in [0.25, 0.3) is 0 Å². The summed E-state index contributed by atoms with van der Waals surface area (Å²) in [5.74, 6) is 0.401. The van der Waals surface area contributed by atoms with Crippen molar-refractivity contribution in [2.45, 2.75) is 32.4 Å². The first-order chi connectivity index (χ1) is 9.45. The number of thiazole rings is 1. The zero-order valence-electron chi connectivity index (χ0n) is 12.4. The van der Waals surface area contributed by atoms with Gasteiger partial charge in [-0.3, -0.25) is 9.69 Å². The molecule has 0 aromatic carbocycles. The maximum Gasteiger partial charge on any atom is 0.228 e. The molecule has 112 valence electrons. The Morgan fingerprint density at radius 2 is 2.35 bits per heavy atom. The predicted molar refractivity (Wildman–Crippen MR) is 79.6 cm³/mol. The van der Waals surface area contributed by atoms with E-state index >= 15 is 0 Å². The fraction of sp³-hybridized carbons (Fsp3) is 0.714. The number of aromatic nitrogens is 1. The molecular weight excluding hydrogens is 274 g/mol. The summed E-state index contributed by atoms with van der Waals surface area (Å²) in [4.78, 5) is 20.1. The van der Waals surface area contributed by atoms with Gasteiger partial charge >= 0.3 is 0 Å². The number of aliphatic hydroxyl groups is 1. The Kier molecular flexibility index (Phi) is 5.12. The molecule has 6 heteroatoms. The maximum atomic E-state index is 11.6. The van der Waals surface area contributed by atoms with Gasteiger partial charge in [0.15, 0.2) is 0 Å². The second-order valence-electron chi connectivity index (χ2n) is 5.77.